The lowest BCUT2D eigenvalue weighted by atomic mass is 9.65. The quantitative estimate of drug-likeness (QED) is 0.773. The maximum Gasteiger partial charge on any atom is 0.121 e. The van der Waals surface area contributed by atoms with E-state index in [4.69, 9.17) is 4.74 Å². The van der Waals surface area contributed by atoms with E-state index in [0.717, 1.165) is 12.0 Å². The van der Waals surface area contributed by atoms with Crippen LogP contribution < -0.4 is 0 Å². The summed E-state index contributed by atoms with van der Waals surface area (Å²) in [5.74, 6) is 0.569. The zero-order chi connectivity index (χ0) is 14.3. The van der Waals surface area contributed by atoms with Crippen LogP contribution in [0.15, 0.2) is 35.9 Å². The Bertz CT molecular complexity index is 533. The predicted octanol–water partition coefficient (Wildman–Crippen LogP) is 3.19. The lowest BCUT2D eigenvalue weighted by Gasteiger charge is -2.46. The third-order valence-electron chi connectivity index (χ3n) is 4.98. The number of para-hydroxylation sites is 1. The summed E-state index contributed by atoms with van der Waals surface area (Å²) >= 11 is 0. The smallest absolute Gasteiger partial charge is 0.121 e. The van der Waals surface area contributed by atoms with Gasteiger partial charge in [-0.1, -0.05) is 43.7 Å². The van der Waals surface area contributed by atoms with Gasteiger partial charge >= 0.3 is 0 Å². The van der Waals surface area contributed by atoms with E-state index in [2.05, 4.69) is 19.9 Å². The number of benzene rings is 1. The summed E-state index contributed by atoms with van der Waals surface area (Å²) in [6.45, 7) is 4.83. The number of hydrogen-bond acceptors (Lipinski definition) is 3. The largest absolute Gasteiger partial charge is 0.508 e. The second-order valence-corrected chi connectivity index (χ2v) is 6.49. The first kappa shape index (κ1) is 13.7. The van der Waals surface area contributed by atoms with Crippen molar-refractivity contribution in [2.75, 3.05) is 6.61 Å². The molecule has 1 aromatic rings. The average Bonchev–Trinajstić information content (AvgIpc) is 2.43. The van der Waals surface area contributed by atoms with E-state index in [9.17, 15) is 10.2 Å². The van der Waals surface area contributed by atoms with Gasteiger partial charge in [0, 0.05) is 11.5 Å². The summed E-state index contributed by atoms with van der Waals surface area (Å²) in [7, 11) is 0. The van der Waals surface area contributed by atoms with Gasteiger partial charge in [-0.05, 0) is 24.3 Å². The van der Waals surface area contributed by atoms with Crippen LogP contribution in [0.1, 0.15) is 38.4 Å². The number of phenols is 1. The van der Waals surface area contributed by atoms with Gasteiger partial charge in [0.1, 0.15) is 5.75 Å². The van der Waals surface area contributed by atoms with Gasteiger partial charge in [-0.15, -0.1) is 0 Å². The van der Waals surface area contributed by atoms with Crippen molar-refractivity contribution in [1.82, 2.24) is 0 Å². The van der Waals surface area contributed by atoms with E-state index < -0.39 is 0 Å². The third kappa shape index (κ3) is 2.15. The highest BCUT2D eigenvalue weighted by Gasteiger charge is 2.44. The number of fused-ring (bicyclic) bond motifs is 1. The summed E-state index contributed by atoms with van der Waals surface area (Å²) in [5.41, 5.74) is 2.07. The fourth-order valence-corrected chi connectivity index (χ4v) is 3.41. The summed E-state index contributed by atoms with van der Waals surface area (Å²) in [5, 5.41) is 20.1. The molecule has 0 radical (unpaired) electrons. The normalized spacial score (nSPS) is 32.4. The number of aromatic hydroxyl groups is 1. The number of aliphatic hydroxyl groups excluding tert-OH is 1. The number of hydrogen-bond donors (Lipinski definition) is 2. The van der Waals surface area contributed by atoms with Crippen molar-refractivity contribution in [2.24, 2.45) is 11.3 Å². The molecule has 3 heteroatoms. The van der Waals surface area contributed by atoms with E-state index in [1.165, 1.54) is 5.57 Å². The molecule has 1 fully saturated rings. The minimum Gasteiger partial charge on any atom is -0.508 e. The van der Waals surface area contributed by atoms with Gasteiger partial charge in [-0.2, -0.15) is 0 Å². The van der Waals surface area contributed by atoms with Gasteiger partial charge in [0.15, 0.2) is 0 Å². The highest BCUT2D eigenvalue weighted by atomic mass is 16.5. The van der Waals surface area contributed by atoms with E-state index in [1.54, 1.807) is 6.07 Å². The Labute approximate surface area is 119 Å². The molecule has 108 valence electrons. The second kappa shape index (κ2) is 4.90. The van der Waals surface area contributed by atoms with Crippen LogP contribution >= 0.6 is 0 Å². The first-order chi connectivity index (χ1) is 9.50. The molecule has 1 aliphatic heterocycles. The molecule has 2 N–H and O–H groups in total. The summed E-state index contributed by atoms with van der Waals surface area (Å²) in [4.78, 5) is 0. The molecule has 1 aromatic carbocycles. The van der Waals surface area contributed by atoms with Gasteiger partial charge in [0.05, 0.1) is 18.8 Å². The zero-order valence-electron chi connectivity index (χ0n) is 12.0. The summed E-state index contributed by atoms with van der Waals surface area (Å²) < 4.78 is 5.99. The first-order valence-electron chi connectivity index (χ1n) is 7.26. The van der Waals surface area contributed by atoms with E-state index in [0.29, 0.717) is 18.8 Å². The second-order valence-electron chi connectivity index (χ2n) is 6.49. The molecule has 0 spiro atoms. The van der Waals surface area contributed by atoms with Gasteiger partial charge < -0.3 is 14.9 Å². The molecule has 1 saturated heterocycles. The van der Waals surface area contributed by atoms with Crippen LogP contribution in [0.5, 0.6) is 5.75 Å². The van der Waals surface area contributed by atoms with Crippen LogP contribution in [-0.2, 0) is 4.74 Å². The molecule has 20 heavy (non-hydrogen) atoms. The highest BCUT2D eigenvalue weighted by molar-refractivity contribution is 5.35. The Balaban J connectivity index is 1.85. The number of ether oxygens (including phenoxy) is 1. The fourth-order valence-electron chi connectivity index (χ4n) is 3.41. The molecule has 1 heterocycles. The van der Waals surface area contributed by atoms with Crippen molar-refractivity contribution >= 4 is 0 Å². The molecule has 1 aliphatic carbocycles. The minimum absolute atomic E-state index is 0.0789. The monoisotopic (exact) mass is 274 g/mol. The Morgan fingerprint density at radius 1 is 1.25 bits per heavy atom. The number of aliphatic hydroxyl groups is 1. The lowest BCUT2D eigenvalue weighted by molar-refractivity contribution is -0.0685. The molecule has 0 unspecified atom stereocenters. The Morgan fingerprint density at radius 2 is 2.00 bits per heavy atom. The maximum absolute atomic E-state index is 10.2. The molecule has 3 atom stereocenters. The van der Waals surface area contributed by atoms with Crippen molar-refractivity contribution in [3.8, 4) is 5.75 Å². The van der Waals surface area contributed by atoms with Crippen molar-refractivity contribution in [3.63, 3.8) is 0 Å². The van der Waals surface area contributed by atoms with Gasteiger partial charge in [-0.3, -0.25) is 0 Å². The molecule has 0 saturated carbocycles. The minimum atomic E-state index is -0.304. The zero-order valence-corrected chi connectivity index (χ0v) is 12.0. The van der Waals surface area contributed by atoms with E-state index in [-0.39, 0.29) is 23.5 Å². The average molecular weight is 274 g/mol. The molecular weight excluding hydrogens is 252 g/mol. The summed E-state index contributed by atoms with van der Waals surface area (Å²) in [6.07, 6.45) is 3.30. The van der Waals surface area contributed by atoms with Crippen LogP contribution in [0.2, 0.25) is 0 Å². The van der Waals surface area contributed by atoms with Crippen LogP contribution in [0.3, 0.4) is 0 Å². The van der Waals surface area contributed by atoms with Crippen LogP contribution in [-0.4, -0.2) is 22.9 Å². The SMILES string of the molecule is CC1(C)[C@H](O)CC=C2C[C@@H](c3ccccc3O)OC[C@@H]21. The Kier molecular flexibility index (Phi) is 3.35. The Morgan fingerprint density at radius 3 is 2.75 bits per heavy atom. The fraction of sp³-hybridized carbons (Fsp3) is 0.529. The van der Waals surface area contributed by atoms with Gasteiger partial charge in [-0.25, -0.2) is 0 Å². The standard InChI is InChI=1S/C17H22O3/c1-17(2)13-10-20-15(9-11(13)7-8-16(17)19)12-5-3-4-6-14(12)18/h3-7,13,15-16,18-19H,8-10H2,1-2H3/t13-,15-,16+/m0/s1. The topological polar surface area (TPSA) is 49.7 Å². The number of rotatable bonds is 1. The van der Waals surface area contributed by atoms with Crippen molar-refractivity contribution in [3.05, 3.63) is 41.5 Å². The van der Waals surface area contributed by atoms with E-state index in [1.807, 2.05) is 18.2 Å². The van der Waals surface area contributed by atoms with Crippen LogP contribution in [0, 0.1) is 11.3 Å². The van der Waals surface area contributed by atoms with Crippen molar-refractivity contribution in [2.45, 2.75) is 38.9 Å². The summed E-state index contributed by atoms with van der Waals surface area (Å²) in [6, 6.07) is 7.37. The molecule has 0 bridgehead atoms. The lowest BCUT2D eigenvalue weighted by Crippen LogP contribution is -2.44. The first-order valence-corrected chi connectivity index (χ1v) is 7.26. The predicted molar refractivity (Wildman–Crippen MR) is 77.4 cm³/mol. The molecule has 3 rings (SSSR count). The van der Waals surface area contributed by atoms with Crippen molar-refractivity contribution in [1.29, 1.82) is 0 Å². The molecule has 3 nitrogen and oxygen atoms in total. The molecule has 2 aliphatic rings. The number of phenolic OH excluding ortho intramolecular Hbond substituents is 1. The highest BCUT2D eigenvalue weighted by Crippen LogP contribution is 2.48. The Hall–Kier alpha value is -1.32. The van der Waals surface area contributed by atoms with E-state index >= 15 is 0 Å². The maximum atomic E-state index is 10.2. The molecular formula is C17H22O3. The van der Waals surface area contributed by atoms with Crippen LogP contribution in [0.4, 0.5) is 0 Å². The van der Waals surface area contributed by atoms with Gasteiger partial charge in [0.25, 0.3) is 0 Å². The van der Waals surface area contributed by atoms with Crippen LogP contribution in [0.25, 0.3) is 0 Å². The molecule has 0 aromatic heterocycles. The third-order valence-corrected chi connectivity index (χ3v) is 4.98. The molecule has 0 amide bonds. The van der Waals surface area contributed by atoms with Crippen molar-refractivity contribution < 1.29 is 14.9 Å². The van der Waals surface area contributed by atoms with Gasteiger partial charge in [0.2, 0.25) is 0 Å².